The molecule has 0 bridgehead atoms. The van der Waals surface area contributed by atoms with Gasteiger partial charge in [-0.3, -0.25) is 0 Å². The Morgan fingerprint density at radius 2 is 1.83 bits per heavy atom. The van der Waals surface area contributed by atoms with E-state index in [1.165, 1.54) is 0 Å². The number of fused-ring (bicyclic) bond motifs is 1. The van der Waals surface area contributed by atoms with Crippen LogP contribution in [0.2, 0.25) is 18.1 Å². The van der Waals surface area contributed by atoms with Crippen LogP contribution in [0.15, 0.2) is 22.7 Å². The molecule has 2 aromatic rings. The molecule has 1 saturated heterocycles. The maximum absolute atomic E-state index is 12.4. The van der Waals surface area contributed by atoms with Gasteiger partial charge in [-0.25, -0.2) is 4.79 Å². The number of benzene rings is 1. The summed E-state index contributed by atoms with van der Waals surface area (Å²) in [7, 11) is -1.97. The lowest BCUT2D eigenvalue weighted by atomic mass is 9.91. The van der Waals surface area contributed by atoms with E-state index in [-0.39, 0.29) is 11.1 Å². The van der Waals surface area contributed by atoms with E-state index < -0.39 is 13.9 Å². The number of carbonyl (C=O) groups excluding carboxylic acids is 1. The van der Waals surface area contributed by atoms with Crippen LogP contribution in [0, 0.1) is 5.92 Å². The SMILES string of the molecule is CC=Cc1cc(O[Si](C)(C)C(C)(C)C)cc2c(CCC3CCN(C(=O)OC(C)(C)C)CC3)noc12. The summed E-state index contributed by atoms with van der Waals surface area (Å²) >= 11 is 0. The summed E-state index contributed by atoms with van der Waals surface area (Å²) in [6.07, 6.45) is 7.72. The number of likely N-dealkylation sites (tertiary alicyclic amines) is 1. The van der Waals surface area contributed by atoms with Crippen molar-refractivity contribution >= 4 is 31.5 Å². The summed E-state index contributed by atoms with van der Waals surface area (Å²) in [6, 6.07) is 4.18. The predicted octanol–water partition coefficient (Wildman–Crippen LogP) is 7.82. The Bertz CT molecular complexity index is 1050. The van der Waals surface area contributed by atoms with E-state index in [4.69, 9.17) is 13.7 Å². The van der Waals surface area contributed by atoms with Crippen molar-refractivity contribution in [2.24, 2.45) is 5.92 Å². The van der Waals surface area contributed by atoms with Gasteiger partial charge in [-0.15, -0.1) is 0 Å². The molecule has 6 nitrogen and oxygen atoms in total. The molecule has 1 aromatic carbocycles. The van der Waals surface area contributed by atoms with Crippen molar-refractivity contribution in [3.05, 3.63) is 29.5 Å². The van der Waals surface area contributed by atoms with Crippen molar-refractivity contribution in [1.29, 1.82) is 0 Å². The third-order valence-corrected chi connectivity index (χ3v) is 11.6. The molecule has 1 fully saturated rings. The summed E-state index contributed by atoms with van der Waals surface area (Å²) < 4.78 is 18.0. The van der Waals surface area contributed by atoms with Gasteiger partial charge in [0.2, 0.25) is 8.32 Å². The molecule has 1 aliphatic rings. The minimum Gasteiger partial charge on any atom is -0.543 e. The summed E-state index contributed by atoms with van der Waals surface area (Å²) in [5.41, 5.74) is 2.35. The number of allylic oxidation sites excluding steroid dienone is 1. The number of hydrogen-bond donors (Lipinski definition) is 0. The van der Waals surface area contributed by atoms with Crippen LogP contribution in [-0.4, -0.2) is 43.2 Å². The van der Waals surface area contributed by atoms with Gasteiger partial charge in [0.25, 0.3) is 0 Å². The standard InChI is InChI=1S/C28H44N2O4Si/c1-10-11-21-18-22(34-35(8,9)28(5,6)7)19-23-24(29-33-25(21)23)13-12-20-14-16-30(17-15-20)26(31)32-27(2,3)4/h10-11,18-20H,12-17H2,1-9H3. The van der Waals surface area contributed by atoms with Gasteiger partial charge < -0.3 is 18.6 Å². The number of ether oxygens (including phenoxy) is 1. The van der Waals surface area contributed by atoms with Crippen LogP contribution in [0.25, 0.3) is 17.0 Å². The van der Waals surface area contributed by atoms with Gasteiger partial charge in [0, 0.05) is 24.0 Å². The molecule has 1 amide bonds. The lowest BCUT2D eigenvalue weighted by molar-refractivity contribution is 0.0181. The normalized spacial score (nSPS) is 16.3. The van der Waals surface area contributed by atoms with Gasteiger partial charge in [-0.2, -0.15) is 0 Å². The Kier molecular flexibility index (Phi) is 8.09. The van der Waals surface area contributed by atoms with Gasteiger partial charge in [-0.1, -0.05) is 38.1 Å². The zero-order valence-corrected chi connectivity index (χ0v) is 24.2. The maximum atomic E-state index is 12.4. The molecule has 0 aliphatic carbocycles. The second kappa shape index (κ2) is 10.4. The van der Waals surface area contributed by atoms with Gasteiger partial charge in [-0.05, 0) is 89.6 Å². The summed E-state index contributed by atoms with van der Waals surface area (Å²) in [5.74, 6) is 1.45. The van der Waals surface area contributed by atoms with E-state index in [9.17, 15) is 4.79 Å². The first-order chi connectivity index (χ1) is 16.2. The fourth-order valence-electron chi connectivity index (χ4n) is 4.15. The number of aryl methyl sites for hydroxylation is 1. The number of nitrogens with zero attached hydrogens (tertiary/aromatic N) is 2. The Balaban J connectivity index is 1.71. The Labute approximate surface area is 212 Å². The number of aromatic nitrogens is 1. The largest absolute Gasteiger partial charge is 0.543 e. The minimum absolute atomic E-state index is 0.119. The third kappa shape index (κ3) is 6.90. The van der Waals surface area contributed by atoms with Gasteiger partial charge in [0.1, 0.15) is 11.4 Å². The van der Waals surface area contributed by atoms with Crippen LogP contribution in [0.5, 0.6) is 5.75 Å². The molecule has 1 aromatic heterocycles. The highest BCUT2D eigenvalue weighted by atomic mass is 28.4. The van der Waals surface area contributed by atoms with Gasteiger partial charge in [0.05, 0.1) is 5.69 Å². The topological polar surface area (TPSA) is 64.8 Å². The fourth-order valence-corrected chi connectivity index (χ4v) is 5.17. The lowest BCUT2D eigenvalue weighted by Gasteiger charge is -2.36. The van der Waals surface area contributed by atoms with Crippen molar-refractivity contribution in [2.75, 3.05) is 13.1 Å². The molecular weight excluding hydrogens is 456 g/mol. The van der Waals surface area contributed by atoms with E-state index in [0.29, 0.717) is 5.92 Å². The molecular formula is C28H44N2O4Si. The van der Waals surface area contributed by atoms with Crippen molar-refractivity contribution in [3.8, 4) is 5.75 Å². The first-order valence-electron chi connectivity index (χ1n) is 12.9. The second-order valence-corrected chi connectivity index (χ2v) is 17.1. The number of piperidine rings is 1. The van der Waals surface area contributed by atoms with Crippen molar-refractivity contribution in [3.63, 3.8) is 0 Å². The zero-order chi connectivity index (χ0) is 26.0. The molecule has 1 aliphatic heterocycles. The Morgan fingerprint density at radius 3 is 2.40 bits per heavy atom. The Hall–Kier alpha value is -2.28. The monoisotopic (exact) mass is 500 g/mol. The first-order valence-corrected chi connectivity index (χ1v) is 15.8. The maximum Gasteiger partial charge on any atom is 0.410 e. The lowest BCUT2D eigenvalue weighted by Crippen LogP contribution is -2.43. The molecule has 3 rings (SSSR count). The molecule has 0 radical (unpaired) electrons. The molecule has 194 valence electrons. The van der Waals surface area contributed by atoms with Gasteiger partial charge in [0.15, 0.2) is 5.58 Å². The highest BCUT2D eigenvalue weighted by Crippen LogP contribution is 2.39. The molecule has 2 heterocycles. The molecule has 0 saturated carbocycles. The average Bonchev–Trinajstić information content (AvgIpc) is 3.13. The highest BCUT2D eigenvalue weighted by Gasteiger charge is 2.39. The summed E-state index contributed by atoms with van der Waals surface area (Å²) in [4.78, 5) is 14.2. The van der Waals surface area contributed by atoms with E-state index in [0.717, 1.165) is 66.7 Å². The van der Waals surface area contributed by atoms with Crippen LogP contribution in [-0.2, 0) is 11.2 Å². The first kappa shape index (κ1) is 27.3. The van der Waals surface area contributed by atoms with Crippen LogP contribution < -0.4 is 4.43 Å². The number of rotatable bonds is 6. The number of hydrogen-bond acceptors (Lipinski definition) is 5. The minimum atomic E-state index is -1.97. The smallest absolute Gasteiger partial charge is 0.410 e. The highest BCUT2D eigenvalue weighted by molar-refractivity contribution is 6.74. The quantitative estimate of drug-likeness (QED) is 0.378. The van der Waals surface area contributed by atoms with Crippen LogP contribution in [0.3, 0.4) is 0 Å². The second-order valence-electron chi connectivity index (χ2n) is 12.3. The summed E-state index contributed by atoms with van der Waals surface area (Å²) in [6.45, 7) is 20.5. The fraction of sp³-hybridized carbons (Fsp3) is 0.643. The average molecular weight is 501 g/mol. The van der Waals surface area contributed by atoms with E-state index in [1.807, 2.05) is 38.7 Å². The molecule has 35 heavy (non-hydrogen) atoms. The predicted molar refractivity (Wildman–Crippen MR) is 145 cm³/mol. The zero-order valence-electron chi connectivity index (χ0n) is 23.2. The number of carbonyl (C=O) groups is 1. The molecule has 0 N–H and O–H groups in total. The van der Waals surface area contributed by atoms with E-state index in [1.54, 1.807) is 0 Å². The molecule has 0 atom stereocenters. The van der Waals surface area contributed by atoms with Crippen molar-refractivity contribution in [2.45, 2.75) is 97.9 Å². The Morgan fingerprint density at radius 1 is 1.17 bits per heavy atom. The van der Waals surface area contributed by atoms with Crippen LogP contribution in [0.1, 0.15) is 79.0 Å². The van der Waals surface area contributed by atoms with Crippen LogP contribution in [0.4, 0.5) is 4.79 Å². The molecule has 0 unspecified atom stereocenters. The van der Waals surface area contributed by atoms with Crippen molar-refractivity contribution < 1.29 is 18.5 Å². The summed E-state index contributed by atoms with van der Waals surface area (Å²) in [5, 5.41) is 5.62. The molecule has 0 spiro atoms. The van der Waals surface area contributed by atoms with E-state index >= 15 is 0 Å². The van der Waals surface area contributed by atoms with Gasteiger partial charge >= 0.3 is 6.09 Å². The van der Waals surface area contributed by atoms with E-state index in [2.05, 4.69) is 57.2 Å². The van der Waals surface area contributed by atoms with Crippen LogP contribution >= 0.6 is 0 Å². The van der Waals surface area contributed by atoms with Crippen molar-refractivity contribution in [1.82, 2.24) is 10.1 Å². The molecule has 7 heteroatoms. The number of amides is 1. The third-order valence-electron chi connectivity index (χ3n) is 7.23.